The van der Waals surface area contributed by atoms with E-state index in [9.17, 15) is 9.59 Å². The van der Waals surface area contributed by atoms with Crippen LogP contribution in [0.2, 0.25) is 0 Å². The number of ketones is 1. The maximum atomic E-state index is 11.6. The normalized spacial score (nSPS) is 10.6. The number of rotatable bonds is 15. The fraction of sp³-hybridized carbons (Fsp3) is 0.875. The van der Waals surface area contributed by atoms with Gasteiger partial charge in [-0.25, -0.2) is 0 Å². The van der Waals surface area contributed by atoms with Crippen molar-refractivity contribution in [2.75, 3.05) is 33.5 Å². The zero-order valence-corrected chi connectivity index (χ0v) is 13.6. The van der Waals surface area contributed by atoms with Crippen molar-refractivity contribution >= 4 is 11.7 Å². The second kappa shape index (κ2) is 15.4. The van der Waals surface area contributed by atoms with E-state index in [1.807, 2.05) is 0 Å². The third-order valence-electron chi connectivity index (χ3n) is 3.14. The lowest BCUT2D eigenvalue weighted by atomic mass is 10.1. The summed E-state index contributed by atoms with van der Waals surface area (Å²) in [7, 11) is 1.64. The van der Waals surface area contributed by atoms with Crippen LogP contribution in [0.5, 0.6) is 0 Å². The van der Waals surface area contributed by atoms with Crippen molar-refractivity contribution in [2.24, 2.45) is 0 Å². The smallest absolute Gasteiger partial charge is 0.219 e. The number of hydrogen-bond acceptors (Lipinski definition) is 4. The van der Waals surface area contributed by atoms with Crippen molar-refractivity contribution in [3.63, 3.8) is 0 Å². The predicted octanol–water partition coefficient (Wildman–Crippen LogP) is 2.48. The molecule has 0 aromatic rings. The van der Waals surface area contributed by atoms with E-state index in [2.05, 4.69) is 12.2 Å². The summed E-state index contributed by atoms with van der Waals surface area (Å²) < 4.78 is 10.2. The van der Waals surface area contributed by atoms with Crippen molar-refractivity contribution in [3.05, 3.63) is 0 Å². The van der Waals surface area contributed by atoms with E-state index in [1.54, 1.807) is 7.11 Å². The molecule has 0 unspecified atom stereocenters. The quantitative estimate of drug-likeness (QED) is 0.472. The molecule has 5 nitrogen and oxygen atoms in total. The Morgan fingerprint density at radius 3 is 2.33 bits per heavy atom. The molecule has 0 aromatic carbocycles. The van der Waals surface area contributed by atoms with Gasteiger partial charge in [-0.15, -0.1) is 0 Å². The highest BCUT2D eigenvalue weighted by molar-refractivity contribution is 5.78. The molecule has 0 saturated heterocycles. The van der Waals surface area contributed by atoms with Crippen LogP contribution in [0.25, 0.3) is 0 Å². The van der Waals surface area contributed by atoms with Crippen LogP contribution in [0.1, 0.15) is 58.3 Å². The number of nitrogens with one attached hydrogen (secondary N) is 1. The minimum atomic E-state index is 0.0995. The van der Waals surface area contributed by atoms with E-state index in [0.717, 1.165) is 38.6 Å². The maximum absolute atomic E-state index is 11.6. The molecule has 124 valence electrons. The van der Waals surface area contributed by atoms with Crippen LogP contribution in [0.4, 0.5) is 0 Å². The molecular weight excluding hydrogens is 270 g/mol. The fourth-order valence-corrected chi connectivity index (χ4v) is 1.84. The number of ether oxygens (including phenoxy) is 2. The van der Waals surface area contributed by atoms with E-state index in [4.69, 9.17) is 9.47 Å². The third kappa shape index (κ3) is 15.3. The van der Waals surface area contributed by atoms with Crippen LogP contribution in [0.15, 0.2) is 0 Å². The Morgan fingerprint density at radius 2 is 1.62 bits per heavy atom. The Hall–Kier alpha value is -0.940. The summed E-state index contributed by atoms with van der Waals surface area (Å²) in [5.41, 5.74) is 0. The second-order valence-corrected chi connectivity index (χ2v) is 5.16. The summed E-state index contributed by atoms with van der Waals surface area (Å²) in [6.07, 6.45) is 6.12. The molecule has 0 atom stereocenters. The first kappa shape index (κ1) is 20.1. The summed E-state index contributed by atoms with van der Waals surface area (Å²) in [5, 5.41) is 2.88. The summed E-state index contributed by atoms with van der Waals surface area (Å²) in [6.45, 7) is 4.64. The first-order chi connectivity index (χ1) is 10.2. The van der Waals surface area contributed by atoms with Gasteiger partial charge in [-0.05, 0) is 25.7 Å². The highest BCUT2D eigenvalue weighted by Gasteiger charge is 2.04. The molecular formula is C16H31NO4. The molecule has 5 heteroatoms. The van der Waals surface area contributed by atoms with Crippen molar-refractivity contribution in [1.29, 1.82) is 0 Å². The highest BCUT2D eigenvalue weighted by atomic mass is 16.5. The van der Waals surface area contributed by atoms with Gasteiger partial charge in [0.15, 0.2) is 0 Å². The second-order valence-electron chi connectivity index (χ2n) is 5.16. The van der Waals surface area contributed by atoms with Crippen LogP contribution in [-0.4, -0.2) is 45.2 Å². The fourth-order valence-electron chi connectivity index (χ4n) is 1.84. The van der Waals surface area contributed by atoms with E-state index in [-0.39, 0.29) is 11.7 Å². The molecule has 0 bridgehead atoms. The molecule has 0 aromatic heterocycles. The molecule has 1 N–H and O–H groups in total. The van der Waals surface area contributed by atoms with Gasteiger partial charge in [0.25, 0.3) is 0 Å². The first-order valence-corrected chi connectivity index (χ1v) is 8.05. The summed E-state index contributed by atoms with van der Waals surface area (Å²) in [4.78, 5) is 23.0. The van der Waals surface area contributed by atoms with Gasteiger partial charge >= 0.3 is 0 Å². The Labute approximate surface area is 128 Å². The Morgan fingerprint density at radius 1 is 0.905 bits per heavy atom. The predicted molar refractivity (Wildman–Crippen MR) is 83.3 cm³/mol. The minimum absolute atomic E-state index is 0.0995. The molecule has 0 aliphatic rings. The largest absolute Gasteiger partial charge is 0.382 e. The lowest BCUT2D eigenvalue weighted by Gasteiger charge is -2.05. The molecule has 0 aliphatic carbocycles. The topological polar surface area (TPSA) is 64.6 Å². The van der Waals surface area contributed by atoms with Crippen LogP contribution < -0.4 is 5.32 Å². The molecule has 0 fully saturated rings. The van der Waals surface area contributed by atoms with Gasteiger partial charge in [-0.3, -0.25) is 9.59 Å². The van der Waals surface area contributed by atoms with Crippen molar-refractivity contribution in [2.45, 2.75) is 58.3 Å². The summed E-state index contributed by atoms with van der Waals surface area (Å²) in [6, 6.07) is 0. The van der Waals surface area contributed by atoms with Crippen LogP contribution >= 0.6 is 0 Å². The van der Waals surface area contributed by atoms with Crippen molar-refractivity contribution < 1.29 is 19.1 Å². The molecule has 1 amide bonds. The molecule has 0 aliphatic heterocycles. The Balaban J connectivity index is 3.31. The van der Waals surface area contributed by atoms with Crippen LogP contribution in [0.3, 0.4) is 0 Å². The van der Waals surface area contributed by atoms with E-state index >= 15 is 0 Å². The van der Waals surface area contributed by atoms with Gasteiger partial charge in [0, 0.05) is 39.5 Å². The molecule has 21 heavy (non-hydrogen) atoms. The standard InChI is InChI=1S/C16H31NO4/c1-3-4-11-17-16(19)10-6-5-8-15(18)9-7-12-21-14-13-20-2/h3-14H2,1-2H3,(H,17,19). The third-order valence-corrected chi connectivity index (χ3v) is 3.14. The van der Waals surface area contributed by atoms with E-state index in [0.29, 0.717) is 39.1 Å². The molecule has 0 radical (unpaired) electrons. The number of amides is 1. The lowest BCUT2D eigenvalue weighted by Crippen LogP contribution is -2.23. The zero-order valence-electron chi connectivity index (χ0n) is 13.6. The SMILES string of the molecule is CCCCNC(=O)CCCCC(=O)CCCOCCOC. The average Bonchev–Trinajstić information content (AvgIpc) is 2.47. The van der Waals surface area contributed by atoms with Crippen LogP contribution in [0, 0.1) is 0 Å². The van der Waals surface area contributed by atoms with E-state index < -0.39 is 0 Å². The zero-order chi connectivity index (χ0) is 15.8. The number of hydrogen-bond donors (Lipinski definition) is 1. The van der Waals surface area contributed by atoms with Gasteiger partial charge in [0.2, 0.25) is 5.91 Å². The number of unbranched alkanes of at least 4 members (excludes halogenated alkanes) is 2. The van der Waals surface area contributed by atoms with E-state index in [1.165, 1.54) is 0 Å². The lowest BCUT2D eigenvalue weighted by molar-refractivity contribution is -0.122. The number of Topliss-reactive ketones (excluding diaryl/α,β-unsaturated/α-hetero) is 1. The number of carbonyl (C=O) groups is 2. The molecule has 0 heterocycles. The molecule has 0 spiro atoms. The first-order valence-electron chi connectivity index (χ1n) is 8.05. The van der Waals surface area contributed by atoms with Crippen molar-refractivity contribution in [3.8, 4) is 0 Å². The van der Waals surface area contributed by atoms with Gasteiger partial charge in [0.05, 0.1) is 13.2 Å². The Bertz CT molecular complexity index is 269. The molecule has 0 saturated carbocycles. The summed E-state index contributed by atoms with van der Waals surface area (Å²) in [5.74, 6) is 0.360. The summed E-state index contributed by atoms with van der Waals surface area (Å²) >= 11 is 0. The van der Waals surface area contributed by atoms with Crippen molar-refractivity contribution in [1.82, 2.24) is 5.32 Å². The minimum Gasteiger partial charge on any atom is -0.382 e. The van der Waals surface area contributed by atoms with Gasteiger partial charge in [-0.2, -0.15) is 0 Å². The highest BCUT2D eigenvalue weighted by Crippen LogP contribution is 2.04. The monoisotopic (exact) mass is 301 g/mol. The van der Waals surface area contributed by atoms with Crippen LogP contribution in [-0.2, 0) is 19.1 Å². The van der Waals surface area contributed by atoms with Gasteiger partial charge < -0.3 is 14.8 Å². The van der Waals surface area contributed by atoms with Gasteiger partial charge in [0.1, 0.15) is 5.78 Å². The maximum Gasteiger partial charge on any atom is 0.219 e. The van der Waals surface area contributed by atoms with Gasteiger partial charge in [-0.1, -0.05) is 13.3 Å². The Kier molecular flexibility index (Phi) is 14.8. The average molecular weight is 301 g/mol. The number of carbonyl (C=O) groups excluding carboxylic acids is 2. The molecule has 0 rings (SSSR count). The number of methoxy groups -OCH3 is 1.